The van der Waals surface area contributed by atoms with Crippen molar-refractivity contribution in [2.24, 2.45) is 17.3 Å². The molecule has 0 amide bonds. The second-order valence-corrected chi connectivity index (χ2v) is 7.77. The van der Waals surface area contributed by atoms with Gasteiger partial charge < -0.3 is 0 Å². The first-order chi connectivity index (χ1) is 10.8. The highest BCUT2D eigenvalue weighted by atomic mass is 16.1. The molecule has 0 N–H and O–H groups in total. The van der Waals surface area contributed by atoms with Gasteiger partial charge in [-0.25, -0.2) is 0 Å². The minimum absolute atomic E-state index is 0.185. The van der Waals surface area contributed by atoms with E-state index in [-0.39, 0.29) is 5.41 Å². The summed E-state index contributed by atoms with van der Waals surface area (Å²) in [7, 11) is 0. The molecule has 0 radical (unpaired) electrons. The van der Waals surface area contributed by atoms with Gasteiger partial charge in [-0.15, -0.1) is 0 Å². The largest absolute Gasteiger partial charge is 0.299 e. The SMILES string of the molecule is CCCC(C)C(CC(=O)C(C)(C)CC)Cc1cccc(CC)c1. The van der Waals surface area contributed by atoms with Gasteiger partial charge in [0.15, 0.2) is 0 Å². The van der Waals surface area contributed by atoms with Crippen LogP contribution >= 0.6 is 0 Å². The van der Waals surface area contributed by atoms with Gasteiger partial charge in [0, 0.05) is 11.8 Å². The molecule has 130 valence electrons. The number of rotatable bonds is 10. The van der Waals surface area contributed by atoms with Gasteiger partial charge >= 0.3 is 0 Å². The summed E-state index contributed by atoms with van der Waals surface area (Å²) in [6.45, 7) is 13.1. The number of aryl methyl sites for hydroxylation is 1. The molecule has 0 bridgehead atoms. The van der Waals surface area contributed by atoms with Crippen LogP contribution in [0.15, 0.2) is 24.3 Å². The van der Waals surface area contributed by atoms with Crippen molar-refractivity contribution >= 4 is 5.78 Å². The predicted molar refractivity (Wildman–Crippen MR) is 101 cm³/mol. The Morgan fingerprint density at radius 2 is 1.78 bits per heavy atom. The van der Waals surface area contributed by atoms with Crippen molar-refractivity contribution in [3.8, 4) is 0 Å². The van der Waals surface area contributed by atoms with E-state index in [1.165, 1.54) is 24.0 Å². The van der Waals surface area contributed by atoms with E-state index in [9.17, 15) is 4.79 Å². The minimum Gasteiger partial charge on any atom is -0.299 e. The molecule has 0 spiro atoms. The zero-order chi connectivity index (χ0) is 17.5. The number of carbonyl (C=O) groups excluding carboxylic acids is 1. The maximum atomic E-state index is 12.7. The molecule has 0 aliphatic heterocycles. The van der Waals surface area contributed by atoms with Gasteiger partial charge in [0.1, 0.15) is 5.78 Å². The zero-order valence-corrected chi connectivity index (χ0v) is 16.1. The van der Waals surface area contributed by atoms with Gasteiger partial charge in [0.25, 0.3) is 0 Å². The van der Waals surface area contributed by atoms with Crippen molar-refractivity contribution in [1.82, 2.24) is 0 Å². The maximum Gasteiger partial charge on any atom is 0.138 e. The van der Waals surface area contributed by atoms with E-state index < -0.39 is 0 Å². The van der Waals surface area contributed by atoms with Crippen LogP contribution in [0, 0.1) is 17.3 Å². The van der Waals surface area contributed by atoms with Crippen molar-refractivity contribution in [2.75, 3.05) is 0 Å². The molecule has 1 rings (SSSR count). The lowest BCUT2D eigenvalue weighted by Gasteiger charge is -2.28. The fourth-order valence-electron chi connectivity index (χ4n) is 3.16. The Morgan fingerprint density at radius 1 is 1.13 bits per heavy atom. The standard InChI is InChI=1S/C22H36O/c1-7-11-17(4)20(16-21(23)22(5,6)9-3)15-19-13-10-12-18(8-2)14-19/h10,12-14,17,20H,7-9,11,15-16H2,1-6H3. The van der Waals surface area contributed by atoms with E-state index in [0.717, 1.165) is 25.7 Å². The van der Waals surface area contributed by atoms with Crippen LogP contribution in [0.3, 0.4) is 0 Å². The lowest BCUT2D eigenvalue weighted by molar-refractivity contribution is -0.128. The first kappa shape index (κ1) is 19.9. The summed E-state index contributed by atoms with van der Waals surface area (Å²) in [5.74, 6) is 1.49. The Bertz CT molecular complexity index is 487. The topological polar surface area (TPSA) is 17.1 Å². The van der Waals surface area contributed by atoms with Crippen molar-refractivity contribution in [2.45, 2.75) is 80.1 Å². The lowest BCUT2D eigenvalue weighted by Crippen LogP contribution is -2.28. The third-order valence-corrected chi connectivity index (χ3v) is 5.53. The summed E-state index contributed by atoms with van der Waals surface area (Å²) in [4.78, 5) is 12.7. The van der Waals surface area contributed by atoms with Crippen LogP contribution < -0.4 is 0 Å². The molecule has 2 atom stereocenters. The Labute approximate surface area is 143 Å². The molecule has 1 aromatic rings. The van der Waals surface area contributed by atoms with Gasteiger partial charge in [0.2, 0.25) is 0 Å². The van der Waals surface area contributed by atoms with Crippen LogP contribution in [0.1, 0.15) is 78.4 Å². The van der Waals surface area contributed by atoms with Crippen LogP contribution in [0.25, 0.3) is 0 Å². The normalized spacial score (nSPS) is 14.5. The summed E-state index contributed by atoms with van der Waals surface area (Å²) in [6, 6.07) is 8.90. The fourth-order valence-corrected chi connectivity index (χ4v) is 3.16. The molecule has 0 saturated heterocycles. The van der Waals surface area contributed by atoms with Crippen molar-refractivity contribution < 1.29 is 4.79 Å². The van der Waals surface area contributed by atoms with Gasteiger partial charge in [-0.2, -0.15) is 0 Å². The molecule has 1 nitrogen and oxygen atoms in total. The third-order valence-electron chi connectivity index (χ3n) is 5.53. The van der Waals surface area contributed by atoms with Gasteiger partial charge in [-0.1, -0.05) is 78.6 Å². The molecule has 0 fully saturated rings. The molecule has 0 aromatic heterocycles. The molecule has 0 heterocycles. The lowest BCUT2D eigenvalue weighted by atomic mass is 9.75. The number of benzene rings is 1. The maximum absolute atomic E-state index is 12.7. The molecule has 23 heavy (non-hydrogen) atoms. The molecular weight excluding hydrogens is 280 g/mol. The quantitative estimate of drug-likeness (QED) is 0.499. The van der Waals surface area contributed by atoms with Crippen LogP contribution in [-0.2, 0) is 17.6 Å². The molecule has 0 aliphatic rings. The average molecular weight is 317 g/mol. The Kier molecular flexibility index (Phi) is 8.02. The number of Topliss-reactive ketones (excluding diaryl/α,β-unsaturated/α-hetero) is 1. The van der Waals surface area contributed by atoms with Crippen LogP contribution in [0.5, 0.6) is 0 Å². The number of hydrogen-bond donors (Lipinski definition) is 0. The highest BCUT2D eigenvalue weighted by Crippen LogP contribution is 2.31. The van der Waals surface area contributed by atoms with Gasteiger partial charge in [-0.3, -0.25) is 4.79 Å². The first-order valence-electron chi connectivity index (χ1n) is 9.45. The Balaban J connectivity index is 2.89. The van der Waals surface area contributed by atoms with Gasteiger partial charge in [-0.05, 0) is 42.2 Å². The van der Waals surface area contributed by atoms with Crippen molar-refractivity contribution in [1.29, 1.82) is 0 Å². The van der Waals surface area contributed by atoms with Crippen LogP contribution in [0.2, 0.25) is 0 Å². The van der Waals surface area contributed by atoms with E-state index in [2.05, 4.69) is 65.8 Å². The summed E-state index contributed by atoms with van der Waals surface area (Å²) >= 11 is 0. The Morgan fingerprint density at radius 3 is 2.35 bits per heavy atom. The van der Waals surface area contributed by atoms with Gasteiger partial charge in [0.05, 0.1) is 0 Å². The van der Waals surface area contributed by atoms with Crippen molar-refractivity contribution in [3.63, 3.8) is 0 Å². The molecule has 0 aliphatic carbocycles. The summed E-state index contributed by atoms with van der Waals surface area (Å²) in [5, 5.41) is 0. The molecule has 1 heteroatoms. The number of hydrogen-bond acceptors (Lipinski definition) is 1. The predicted octanol–water partition coefficient (Wildman–Crippen LogP) is 6.24. The van der Waals surface area contributed by atoms with Crippen molar-refractivity contribution in [3.05, 3.63) is 35.4 Å². The molecular formula is C22H36O. The van der Waals surface area contributed by atoms with E-state index in [0.29, 0.717) is 17.6 Å². The summed E-state index contributed by atoms with van der Waals surface area (Å²) in [5.41, 5.74) is 2.60. The zero-order valence-electron chi connectivity index (χ0n) is 16.1. The Hall–Kier alpha value is -1.11. The molecule has 1 aromatic carbocycles. The monoisotopic (exact) mass is 316 g/mol. The second kappa shape index (κ2) is 9.25. The average Bonchev–Trinajstić information content (AvgIpc) is 2.54. The number of ketones is 1. The molecule has 0 saturated carbocycles. The summed E-state index contributed by atoms with van der Waals surface area (Å²) in [6.07, 6.45) is 6.14. The molecule has 2 unspecified atom stereocenters. The summed E-state index contributed by atoms with van der Waals surface area (Å²) < 4.78 is 0. The first-order valence-corrected chi connectivity index (χ1v) is 9.45. The van der Waals surface area contributed by atoms with E-state index in [1.54, 1.807) is 0 Å². The van der Waals surface area contributed by atoms with E-state index in [4.69, 9.17) is 0 Å². The fraction of sp³-hybridized carbons (Fsp3) is 0.682. The van der Waals surface area contributed by atoms with E-state index >= 15 is 0 Å². The second-order valence-electron chi connectivity index (χ2n) is 7.77. The highest BCUT2D eigenvalue weighted by molar-refractivity contribution is 5.84. The van der Waals surface area contributed by atoms with Crippen LogP contribution in [-0.4, -0.2) is 5.78 Å². The highest BCUT2D eigenvalue weighted by Gasteiger charge is 2.29. The van der Waals surface area contributed by atoms with Crippen LogP contribution in [0.4, 0.5) is 0 Å². The number of carbonyl (C=O) groups is 1. The smallest absolute Gasteiger partial charge is 0.138 e. The third kappa shape index (κ3) is 6.12. The van der Waals surface area contributed by atoms with E-state index in [1.807, 2.05) is 0 Å². The minimum atomic E-state index is -0.185.